The Morgan fingerprint density at radius 3 is 2.87 bits per heavy atom. The Bertz CT molecular complexity index is 612. The van der Waals surface area contributed by atoms with Crippen LogP contribution in [0.3, 0.4) is 0 Å². The Kier molecular flexibility index (Phi) is 6.44. The lowest BCUT2D eigenvalue weighted by molar-refractivity contribution is -0.107. The van der Waals surface area contributed by atoms with E-state index in [-0.39, 0.29) is 19.2 Å². The second-order valence-electron chi connectivity index (χ2n) is 4.91. The topological polar surface area (TPSA) is 61.9 Å². The molecule has 1 heterocycles. The number of nitrogens with zero attached hydrogens (tertiary/aromatic N) is 2. The number of benzene rings is 1. The summed E-state index contributed by atoms with van der Waals surface area (Å²) in [7, 11) is 1.45. The third kappa shape index (κ3) is 4.38. The van der Waals surface area contributed by atoms with E-state index in [1.165, 1.54) is 24.1 Å². The molecule has 0 aromatic heterocycles. The van der Waals surface area contributed by atoms with E-state index in [0.29, 0.717) is 30.2 Å². The molecule has 1 aromatic rings. The Labute approximate surface area is 140 Å². The van der Waals surface area contributed by atoms with Gasteiger partial charge in [-0.15, -0.1) is 0 Å². The van der Waals surface area contributed by atoms with Crippen LogP contribution in [-0.2, 0) is 9.53 Å². The van der Waals surface area contributed by atoms with Gasteiger partial charge in [0.2, 0.25) is 6.41 Å². The minimum Gasteiger partial charge on any atom is -0.442 e. The van der Waals surface area contributed by atoms with Crippen molar-refractivity contribution < 1.29 is 18.7 Å². The molecule has 23 heavy (non-hydrogen) atoms. The summed E-state index contributed by atoms with van der Waals surface area (Å²) < 4.78 is 19.2. The van der Waals surface area contributed by atoms with Gasteiger partial charge in [-0.25, -0.2) is 9.18 Å². The van der Waals surface area contributed by atoms with Crippen LogP contribution >= 0.6 is 12.2 Å². The number of anilines is 2. The lowest BCUT2D eigenvalue weighted by Crippen LogP contribution is -2.32. The minimum atomic E-state index is -0.587. The molecule has 126 valence electrons. The maximum absolute atomic E-state index is 14.0. The fourth-order valence-corrected chi connectivity index (χ4v) is 2.19. The lowest BCUT2D eigenvalue weighted by atomic mass is 10.2. The van der Waals surface area contributed by atoms with Gasteiger partial charge in [0.05, 0.1) is 29.5 Å². The number of halogens is 1. The predicted octanol–water partition coefficient (Wildman–Crippen LogP) is 2.32. The molecule has 0 bridgehead atoms. The molecule has 6 nitrogen and oxygen atoms in total. The molecule has 0 spiro atoms. The van der Waals surface area contributed by atoms with Crippen LogP contribution in [0.2, 0.25) is 0 Å². The first-order valence-electron chi connectivity index (χ1n) is 6.62. The van der Waals surface area contributed by atoms with Gasteiger partial charge >= 0.3 is 6.09 Å². The molecule has 0 unspecified atom stereocenters. The van der Waals surface area contributed by atoms with Gasteiger partial charge in [0, 0.05) is 7.05 Å². The molecule has 1 aliphatic heterocycles. The van der Waals surface area contributed by atoms with Crippen molar-refractivity contribution in [3.05, 3.63) is 24.0 Å². The molecular weight excluding hydrogens is 321 g/mol. The number of ether oxygens (including phenoxy) is 1. The lowest BCUT2D eigenvalue weighted by Gasteiger charge is -2.16. The Balaban J connectivity index is 0.00000264. The average Bonchev–Trinajstić information content (AvgIpc) is 2.85. The maximum Gasteiger partial charge on any atom is 0.414 e. The zero-order valence-electron chi connectivity index (χ0n) is 12.2. The molecule has 1 atom stereocenters. The zero-order valence-corrected chi connectivity index (χ0v) is 13.0. The Hall–Kier alpha value is -2.22. The largest absolute Gasteiger partial charge is 0.442 e. The Morgan fingerprint density at radius 2 is 2.30 bits per heavy atom. The standard InChI is InChI=1S/C14H16FN3O3S.CH4/c1-9(22)16-6-11-7-18(14(20)21-11)10-3-4-13(12(15)5-10)17(2)8-19;/h3-5,8,11H,6-7H2,1-2H3,(H,16,22);1H4/t11-;/m0./s1. The number of amides is 2. The second kappa shape index (κ2) is 7.87. The van der Waals surface area contributed by atoms with Crippen molar-refractivity contribution in [3.8, 4) is 0 Å². The summed E-state index contributed by atoms with van der Waals surface area (Å²) >= 11 is 4.90. The first-order valence-corrected chi connectivity index (χ1v) is 7.03. The molecule has 0 radical (unpaired) electrons. The van der Waals surface area contributed by atoms with Gasteiger partial charge in [0.25, 0.3) is 0 Å². The van der Waals surface area contributed by atoms with Crippen molar-refractivity contribution in [2.24, 2.45) is 0 Å². The van der Waals surface area contributed by atoms with Crippen LogP contribution in [0, 0.1) is 5.82 Å². The highest BCUT2D eigenvalue weighted by molar-refractivity contribution is 7.80. The van der Waals surface area contributed by atoms with Crippen molar-refractivity contribution >= 4 is 41.1 Å². The van der Waals surface area contributed by atoms with E-state index in [9.17, 15) is 14.0 Å². The van der Waals surface area contributed by atoms with Crippen LogP contribution in [0.5, 0.6) is 0 Å². The molecule has 1 aliphatic rings. The SMILES string of the molecule is C.CC(=S)NC[C@H]1CN(c2ccc(N(C)C=O)c(F)c2)C(=O)O1. The molecule has 1 saturated heterocycles. The normalized spacial score (nSPS) is 16.4. The molecule has 0 saturated carbocycles. The van der Waals surface area contributed by atoms with Gasteiger partial charge in [-0.2, -0.15) is 0 Å². The summed E-state index contributed by atoms with van der Waals surface area (Å²) in [6.45, 7) is 2.45. The zero-order chi connectivity index (χ0) is 16.3. The highest BCUT2D eigenvalue weighted by atomic mass is 32.1. The number of hydrogen-bond acceptors (Lipinski definition) is 4. The number of thiocarbonyl (C=S) groups is 1. The van der Waals surface area contributed by atoms with Gasteiger partial charge in [0.15, 0.2) is 0 Å². The van der Waals surface area contributed by atoms with Crippen LogP contribution in [-0.4, -0.2) is 43.7 Å². The predicted molar refractivity (Wildman–Crippen MR) is 91.5 cm³/mol. The van der Waals surface area contributed by atoms with E-state index in [1.54, 1.807) is 13.0 Å². The highest BCUT2D eigenvalue weighted by Gasteiger charge is 2.32. The number of carbonyl (C=O) groups is 2. The van der Waals surface area contributed by atoms with Crippen molar-refractivity contribution in [1.29, 1.82) is 0 Å². The summed E-state index contributed by atoms with van der Waals surface area (Å²) in [4.78, 5) is 25.6. The van der Waals surface area contributed by atoms with Gasteiger partial charge in [-0.05, 0) is 25.1 Å². The first kappa shape index (κ1) is 18.8. The molecule has 2 rings (SSSR count). The molecule has 1 N–H and O–H groups in total. The van der Waals surface area contributed by atoms with Crippen LogP contribution in [0.4, 0.5) is 20.6 Å². The van der Waals surface area contributed by atoms with E-state index < -0.39 is 11.9 Å². The van der Waals surface area contributed by atoms with Crippen molar-refractivity contribution in [3.63, 3.8) is 0 Å². The molecule has 0 aliphatic carbocycles. The van der Waals surface area contributed by atoms with E-state index in [2.05, 4.69) is 5.32 Å². The third-order valence-corrected chi connectivity index (χ3v) is 3.38. The van der Waals surface area contributed by atoms with Crippen molar-refractivity contribution in [2.75, 3.05) is 29.9 Å². The molecular formula is C15H20FN3O3S. The fourth-order valence-electron chi connectivity index (χ4n) is 2.10. The monoisotopic (exact) mass is 341 g/mol. The quantitative estimate of drug-likeness (QED) is 0.658. The van der Waals surface area contributed by atoms with Gasteiger partial charge in [-0.1, -0.05) is 19.6 Å². The summed E-state index contributed by atoms with van der Waals surface area (Å²) in [5, 5.41) is 2.93. The smallest absolute Gasteiger partial charge is 0.414 e. The van der Waals surface area contributed by atoms with Crippen molar-refractivity contribution in [1.82, 2.24) is 5.32 Å². The first-order chi connectivity index (χ1) is 10.4. The van der Waals surface area contributed by atoms with Crippen LogP contribution in [0.15, 0.2) is 18.2 Å². The number of hydrogen-bond donors (Lipinski definition) is 1. The molecule has 1 aromatic carbocycles. The summed E-state index contributed by atoms with van der Waals surface area (Å²) in [6, 6.07) is 4.22. The molecule has 2 amide bonds. The van der Waals surface area contributed by atoms with E-state index in [0.717, 1.165) is 4.90 Å². The highest BCUT2D eigenvalue weighted by Crippen LogP contribution is 2.26. The van der Waals surface area contributed by atoms with Gasteiger partial charge < -0.3 is 15.0 Å². The number of cyclic esters (lactones) is 1. The Morgan fingerprint density at radius 1 is 1.61 bits per heavy atom. The molecule has 8 heteroatoms. The van der Waals surface area contributed by atoms with E-state index in [1.807, 2.05) is 0 Å². The fraction of sp³-hybridized carbons (Fsp3) is 0.400. The van der Waals surface area contributed by atoms with Gasteiger partial charge in [0.1, 0.15) is 11.9 Å². The average molecular weight is 341 g/mol. The van der Waals surface area contributed by atoms with Gasteiger partial charge in [-0.3, -0.25) is 9.69 Å². The van der Waals surface area contributed by atoms with Crippen LogP contribution in [0.25, 0.3) is 0 Å². The van der Waals surface area contributed by atoms with Crippen LogP contribution in [0.1, 0.15) is 14.4 Å². The second-order valence-corrected chi connectivity index (χ2v) is 5.52. The third-order valence-electron chi connectivity index (χ3n) is 3.23. The summed E-state index contributed by atoms with van der Waals surface area (Å²) in [5.41, 5.74) is 0.521. The van der Waals surface area contributed by atoms with Crippen LogP contribution < -0.4 is 15.1 Å². The summed E-state index contributed by atoms with van der Waals surface area (Å²) in [5.74, 6) is -0.587. The summed E-state index contributed by atoms with van der Waals surface area (Å²) in [6.07, 6.45) is -0.382. The minimum absolute atomic E-state index is 0. The number of nitrogens with one attached hydrogen (secondary N) is 1. The molecule has 1 fully saturated rings. The van der Waals surface area contributed by atoms with E-state index >= 15 is 0 Å². The number of rotatable bonds is 5. The van der Waals surface area contributed by atoms with Crippen molar-refractivity contribution in [2.45, 2.75) is 20.5 Å². The maximum atomic E-state index is 14.0. The number of carbonyl (C=O) groups excluding carboxylic acids is 2. The van der Waals surface area contributed by atoms with E-state index in [4.69, 9.17) is 17.0 Å².